The number of likely N-dealkylation sites (tertiary alicyclic amines) is 1. The molecule has 0 unspecified atom stereocenters. The van der Waals surface area contributed by atoms with E-state index in [1.165, 1.54) is 44.9 Å². The highest BCUT2D eigenvalue weighted by molar-refractivity contribution is 7.96. The van der Waals surface area contributed by atoms with E-state index in [0.717, 1.165) is 40.6 Å². The van der Waals surface area contributed by atoms with Gasteiger partial charge >= 0.3 is 0 Å². The van der Waals surface area contributed by atoms with Crippen LogP contribution >= 0.6 is 12.6 Å². The van der Waals surface area contributed by atoms with E-state index in [9.17, 15) is 4.79 Å². The predicted octanol–water partition coefficient (Wildman–Crippen LogP) is 5.47. The van der Waals surface area contributed by atoms with Crippen molar-refractivity contribution in [2.75, 3.05) is 13.1 Å². The number of aryl methyl sites for hydroxylation is 2. The largest absolute Gasteiger partial charge is 0.351 e. The molecule has 0 N–H and O–H groups in total. The van der Waals surface area contributed by atoms with E-state index >= 15 is 0 Å². The summed E-state index contributed by atoms with van der Waals surface area (Å²) in [4.78, 5) is 19.7. The zero-order chi connectivity index (χ0) is 17.8. The van der Waals surface area contributed by atoms with Crippen LogP contribution in [0.15, 0.2) is 17.1 Å². The lowest BCUT2D eigenvalue weighted by atomic mass is 9.84. The van der Waals surface area contributed by atoms with Gasteiger partial charge in [0.2, 0.25) is 0 Å². The molecule has 1 aromatic rings. The van der Waals surface area contributed by atoms with E-state index in [-0.39, 0.29) is 0 Å². The van der Waals surface area contributed by atoms with Gasteiger partial charge < -0.3 is 4.90 Å². The van der Waals surface area contributed by atoms with Gasteiger partial charge in [-0.05, 0) is 55.9 Å². The first-order chi connectivity index (χ1) is 12.0. The average molecular weight is 359 g/mol. The van der Waals surface area contributed by atoms with E-state index in [1.54, 1.807) is 0 Å². The second-order valence-corrected chi connectivity index (χ2v) is 8.09. The molecule has 2 aliphatic rings. The number of thiol groups is 1. The van der Waals surface area contributed by atoms with E-state index in [2.05, 4.69) is 23.6 Å². The SMILES string of the molecule is Cc1cc(C(=O)CC2CCCCC2)c(C)cc1/N=C(\S)N1CCCC1. The van der Waals surface area contributed by atoms with E-state index in [0.29, 0.717) is 18.1 Å². The molecule has 0 bridgehead atoms. The highest BCUT2D eigenvalue weighted by Gasteiger charge is 2.20. The van der Waals surface area contributed by atoms with Crippen LogP contribution < -0.4 is 0 Å². The smallest absolute Gasteiger partial charge is 0.163 e. The third kappa shape index (κ3) is 4.66. The molecule has 25 heavy (non-hydrogen) atoms. The Morgan fingerprint density at radius 3 is 2.44 bits per heavy atom. The zero-order valence-corrected chi connectivity index (χ0v) is 16.4. The number of hydrogen-bond acceptors (Lipinski definition) is 2. The van der Waals surface area contributed by atoms with Crippen LogP contribution in [0.1, 0.15) is 72.9 Å². The molecular weight excluding hydrogens is 328 g/mol. The highest BCUT2D eigenvalue weighted by atomic mass is 32.1. The van der Waals surface area contributed by atoms with E-state index in [4.69, 9.17) is 4.99 Å². The molecule has 0 spiro atoms. The fraction of sp³-hybridized carbons (Fsp3) is 0.619. The minimum absolute atomic E-state index is 0.300. The monoisotopic (exact) mass is 358 g/mol. The molecule has 1 aromatic carbocycles. The summed E-state index contributed by atoms with van der Waals surface area (Å²) >= 11 is 4.58. The van der Waals surface area contributed by atoms with Gasteiger partial charge in [-0.15, -0.1) is 12.6 Å². The lowest BCUT2D eigenvalue weighted by Gasteiger charge is -2.21. The maximum absolute atomic E-state index is 12.8. The summed E-state index contributed by atoms with van der Waals surface area (Å²) in [7, 11) is 0. The Kier molecular flexibility index (Phi) is 6.21. The first kappa shape index (κ1) is 18.5. The van der Waals surface area contributed by atoms with Crippen LogP contribution in [0.4, 0.5) is 5.69 Å². The topological polar surface area (TPSA) is 32.7 Å². The van der Waals surface area contributed by atoms with Crippen LogP contribution in [0, 0.1) is 19.8 Å². The Labute approximate surface area is 157 Å². The van der Waals surface area contributed by atoms with Gasteiger partial charge in [0.05, 0.1) is 5.69 Å². The summed E-state index contributed by atoms with van der Waals surface area (Å²) in [6.45, 7) is 6.15. The van der Waals surface area contributed by atoms with Gasteiger partial charge in [-0.2, -0.15) is 0 Å². The standard InChI is InChI=1S/C21H30N2OS/c1-15-13-19(22-21(25)23-10-6-7-11-23)16(2)12-18(15)20(24)14-17-8-4-3-5-9-17/h12-13,17H,3-11,14H2,1-2H3,(H,22,25). The molecule has 1 aliphatic carbocycles. The number of nitrogens with zero attached hydrogens (tertiary/aromatic N) is 2. The molecule has 0 amide bonds. The van der Waals surface area contributed by atoms with Gasteiger partial charge in [0.25, 0.3) is 0 Å². The summed E-state index contributed by atoms with van der Waals surface area (Å²) in [5.41, 5.74) is 3.91. The number of rotatable bonds is 4. The van der Waals surface area contributed by atoms with Crippen LogP contribution in [0.2, 0.25) is 0 Å². The van der Waals surface area contributed by atoms with Crippen molar-refractivity contribution in [2.45, 2.75) is 65.2 Å². The first-order valence-corrected chi connectivity index (χ1v) is 10.2. The number of carbonyl (C=O) groups excluding carboxylic acids is 1. The second-order valence-electron chi connectivity index (χ2n) is 7.69. The molecule has 0 atom stereocenters. The van der Waals surface area contributed by atoms with Crippen molar-refractivity contribution in [1.29, 1.82) is 0 Å². The molecule has 0 radical (unpaired) electrons. The van der Waals surface area contributed by atoms with E-state index < -0.39 is 0 Å². The molecule has 4 heteroatoms. The van der Waals surface area contributed by atoms with Crippen molar-refractivity contribution >= 4 is 29.3 Å². The lowest BCUT2D eigenvalue weighted by Crippen LogP contribution is -2.23. The van der Waals surface area contributed by atoms with Gasteiger partial charge in [-0.1, -0.05) is 32.1 Å². The molecule has 1 saturated heterocycles. The normalized spacial score (nSPS) is 19.5. The van der Waals surface area contributed by atoms with Crippen LogP contribution in [0.25, 0.3) is 0 Å². The number of Topliss-reactive ketones (excluding diaryl/α,β-unsaturated/α-hetero) is 1. The van der Waals surface area contributed by atoms with Gasteiger partial charge in [0, 0.05) is 25.1 Å². The summed E-state index contributed by atoms with van der Waals surface area (Å²) in [5, 5.41) is 0.793. The molecule has 1 aliphatic heterocycles. The van der Waals surface area contributed by atoms with Crippen molar-refractivity contribution in [1.82, 2.24) is 4.90 Å². The predicted molar refractivity (Wildman–Crippen MR) is 108 cm³/mol. The Morgan fingerprint density at radius 1 is 1.08 bits per heavy atom. The number of carbonyl (C=O) groups is 1. The molecule has 3 nitrogen and oxygen atoms in total. The maximum atomic E-state index is 12.8. The molecule has 1 saturated carbocycles. The fourth-order valence-corrected chi connectivity index (χ4v) is 4.39. The van der Waals surface area contributed by atoms with Crippen LogP contribution in [0.3, 0.4) is 0 Å². The summed E-state index contributed by atoms with van der Waals surface area (Å²) in [6, 6.07) is 4.08. The molecule has 2 fully saturated rings. The Hall–Kier alpha value is -1.29. The van der Waals surface area contributed by atoms with Crippen LogP contribution in [-0.2, 0) is 0 Å². The van der Waals surface area contributed by atoms with Crippen molar-refractivity contribution in [3.05, 3.63) is 28.8 Å². The lowest BCUT2D eigenvalue weighted by molar-refractivity contribution is 0.0949. The van der Waals surface area contributed by atoms with Crippen molar-refractivity contribution in [2.24, 2.45) is 10.9 Å². The van der Waals surface area contributed by atoms with Gasteiger partial charge in [0.1, 0.15) is 0 Å². The van der Waals surface area contributed by atoms with Crippen LogP contribution in [-0.4, -0.2) is 28.9 Å². The molecule has 1 heterocycles. The number of hydrogen-bond donors (Lipinski definition) is 1. The number of benzene rings is 1. The summed E-state index contributed by atoms with van der Waals surface area (Å²) < 4.78 is 0. The zero-order valence-electron chi connectivity index (χ0n) is 15.6. The molecule has 0 aromatic heterocycles. The van der Waals surface area contributed by atoms with Crippen molar-refractivity contribution in [3.8, 4) is 0 Å². The maximum Gasteiger partial charge on any atom is 0.163 e. The van der Waals surface area contributed by atoms with Gasteiger partial charge in [-0.3, -0.25) is 4.79 Å². The number of aliphatic imine (C=N–C) groups is 1. The Morgan fingerprint density at radius 2 is 1.76 bits per heavy atom. The first-order valence-electron chi connectivity index (χ1n) is 9.71. The van der Waals surface area contributed by atoms with Crippen LogP contribution in [0.5, 0.6) is 0 Å². The third-order valence-electron chi connectivity index (χ3n) is 5.65. The minimum atomic E-state index is 0.300. The molecule has 136 valence electrons. The summed E-state index contributed by atoms with van der Waals surface area (Å²) in [6.07, 6.45) is 9.46. The van der Waals surface area contributed by atoms with Crippen molar-refractivity contribution < 1.29 is 4.79 Å². The number of ketones is 1. The molecule has 3 rings (SSSR count). The average Bonchev–Trinajstić information content (AvgIpc) is 3.13. The second kappa shape index (κ2) is 8.39. The van der Waals surface area contributed by atoms with Gasteiger partial charge in [0.15, 0.2) is 11.0 Å². The Bertz CT molecular complexity index is 656. The third-order valence-corrected chi connectivity index (χ3v) is 6.03. The fourth-order valence-electron chi connectivity index (χ4n) is 4.08. The minimum Gasteiger partial charge on any atom is -0.351 e. The van der Waals surface area contributed by atoms with Gasteiger partial charge in [-0.25, -0.2) is 4.99 Å². The van der Waals surface area contributed by atoms with Crippen molar-refractivity contribution in [3.63, 3.8) is 0 Å². The highest BCUT2D eigenvalue weighted by Crippen LogP contribution is 2.30. The number of amidine groups is 1. The molecular formula is C21H30N2OS. The van der Waals surface area contributed by atoms with E-state index in [1.807, 2.05) is 19.9 Å². The summed E-state index contributed by atoms with van der Waals surface area (Å²) in [5.74, 6) is 0.881. The quantitative estimate of drug-likeness (QED) is 0.335. The Balaban J connectivity index is 1.75.